The standard InChI is InChI=1S/C15H23BrN2O.2ClH/c1-3-11(2)14(18-9-7-17-8-10-18)12-5-4-6-13(16)15(12)19;;/h4-6,11,14,17,19H,3,7-10H2,1-2H3;2*1H/t11?,14-;;/m1../s1. The molecular weight excluding hydrogens is 375 g/mol. The molecule has 3 nitrogen and oxygen atoms in total. The van der Waals surface area contributed by atoms with Gasteiger partial charge in [-0.3, -0.25) is 4.90 Å². The smallest absolute Gasteiger partial charge is 0.134 e. The summed E-state index contributed by atoms with van der Waals surface area (Å²) in [6.45, 7) is 8.63. The third-order valence-corrected chi connectivity index (χ3v) is 4.70. The van der Waals surface area contributed by atoms with Gasteiger partial charge < -0.3 is 10.4 Å². The number of piperazine rings is 1. The van der Waals surface area contributed by atoms with Crippen LogP contribution in [0.1, 0.15) is 31.9 Å². The number of hydrogen-bond acceptors (Lipinski definition) is 3. The van der Waals surface area contributed by atoms with Crippen molar-refractivity contribution in [1.82, 2.24) is 10.2 Å². The Kier molecular flexibility index (Phi) is 9.90. The molecule has 0 saturated carbocycles. The number of aromatic hydroxyl groups is 1. The fraction of sp³-hybridized carbons (Fsp3) is 0.600. The van der Waals surface area contributed by atoms with Gasteiger partial charge in [-0.15, -0.1) is 24.8 Å². The number of rotatable bonds is 4. The Hall–Kier alpha value is -0.000000000000000111. The lowest BCUT2D eigenvalue weighted by molar-refractivity contribution is 0.126. The molecule has 2 atom stereocenters. The molecule has 0 aliphatic carbocycles. The molecule has 0 spiro atoms. The molecule has 21 heavy (non-hydrogen) atoms. The molecule has 6 heteroatoms. The highest BCUT2D eigenvalue weighted by atomic mass is 79.9. The first-order valence-corrected chi connectivity index (χ1v) is 7.86. The first-order chi connectivity index (χ1) is 9.15. The largest absolute Gasteiger partial charge is 0.506 e. The second kappa shape index (κ2) is 9.90. The van der Waals surface area contributed by atoms with E-state index in [0.717, 1.165) is 42.6 Å². The Labute approximate surface area is 148 Å². The van der Waals surface area contributed by atoms with Gasteiger partial charge >= 0.3 is 0 Å². The summed E-state index contributed by atoms with van der Waals surface area (Å²) in [5.41, 5.74) is 1.05. The summed E-state index contributed by atoms with van der Waals surface area (Å²) >= 11 is 3.43. The van der Waals surface area contributed by atoms with Crippen LogP contribution in [0.4, 0.5) is 0 Å². The van der Waals surface area contributed by atoms with E-state index in [1.807, 2.05) is 12.1 Å². The van der Waals surface area contributed by atoms with Crippen LogP contribution < -0.4 is 5.32 Å². The predicted octanol–water partition coefficient (Wildman–Crippen LogP) is 3.99. The SMILES string of the molecule is CCC(C)[C@H](c1cccc(Br)c1O)N1CCNCC1.Cl.Cl. The number of phenolic OH excluding ortho intramolecular Hbond substituents is 1. The first-order valence-electron chi connectivity index (χ1n) is 7.07. The molecule has 122 valence electrons. The average molecular weight is 400 g/mol. The highest BCUT2D eigenvalue weighted by Gasteiger charge is 2.28. The zero-order valence-electron chi connectivity index (χ0n) is 12.5. The van der Waals surface area contributed by atoms with Crippen LogP contribution in [0, 0.1) is 5.92 Å². The Morgan fingerprint density at radius 2 is 1.90 bits per heavy atom. The summed E-state index contributed by atoms with van der Waals surface area (Å²) in [7, 11) is 0. The number of benzene rings is 1. The van der Waals surface area contributed by atoms with Gasteiger partial charge in [0.15, 0.2) is 0 Å². The molecule has 1 heterocycles. The summed E-state index contributed by atoms with van der Waals surface area (Å²) < 4.78 is 0.786. The van der Waals surface area contributed by atoms with Crippen LogP contribution in [0.5, 0.6) is 5.75 Å². The van der Waals surface area contributed by atoms with Crippen molar-refractivity contribution in [2.45, 2.75) is 26.3 Å². The van der Waals surface area contributed by atoms with Gasteiger partial charge in [0.1, 0.15) is 5.75 Å². The maximum Gasteiger partial charge on any atom is 0.134 e. The van der Waals surface area contributed by atoms with Gasteiger partial charge in [0, 0.05) is 37.8 Å². The van der Waals surface area contributed by atoms with Gasteiger partial charge in [-0.1, -0.05) is 32.4 Å². The van der Waals surface area contributed by atoms with Crippen molar-refractivity contribution in [1.29, 1.82) is 0 Å². The fourth-order valence-corrected chi connectivity index (χ4v) is 3.20. The van der Waals surface area contributed by atoms with E-state index in [1.165, 1.54) is 0 Å². The number of phenols is 1. The Morgan fingerprint density at radius 1 is 1.29 bits per heavy atom. The fourth-order valence-electron chi connectivity index (χ4n) is 2.82. The number of hydrogen-bond donors (Lipinski definition) is 2. The molecule has 1 aromatic rings. The van der Waals surface area contributed by atoms with Crippen molar-refractivity contribution in [3.63, 3.8) is 0 Å². The van der Waals surface area contributed by atoms with Crippen molar-refractivity contribution in [2.75, 3.05) is 26.2 Å². The molecular formula is C15H25BrCl2N2O. The summed E-state index contributed by atoms with van der Waals surface area (Å²) in [6.07, 6.45) is 1.11. The zero-order valence-corrected chi connectivity index (χ0v) is 15.7. The third kappa shape index (κ3) is 5.00. The molecule has 2 rings (SSSR count). The lowest BCUT2D eigenvalue weighted by atomic mass is 9.90. The van der Waals surface area contributed by atoms with Crippen molar-refractivity contribution in [3.8, 4) is 5.75 Å². The molecule has 1 aliphatic rings. The average Bonchev–Trinajstić information content (AvgIpc) is 2.44. The monoisotopic (exact) mass is 398 g/mol. The number of halogens is 3. The van der Waals surface area contributed by atoms with Crippen molar-refractivity contribution in [3.05, 3.63) is 28.2 Å². The van der Waals surface area contributed by atoms with E-state index in [1.54, 1.807) is 0 Å². The lowest BCUT2D eigenvalue weighted by Gasteiger charge is -2.38. The van der Waals surface area contributed by atoms with Gasteiger partial charge in [0.2, 0.25) is 0 Å². The van der Waals surface area contributed by atoms with Gasteiger partial charge in [-0.05, 0) is 27.9 Å². The molecule has 1 fully saturated rings. The van der Waals surface area contributed by atoms with E-state index in [0.29, 0.717) is 17.7 Å². The second-order valence-corrected chi connectivity index (χ2v) is 6.15. The van der Waals surface area contributed by atoms with Crippen LogP contribution in [0.3, 0.4) is 0 Å². The molecule has 1 aromatic carbocycles. The minimum absolute atomic E-state index is 0. The van der Waals surface area contributed by atoms with E-state index < -0.39 is 0 Å². The van der Waals surface area contributed by atoms with Gasteiger partial charge in [-0.2, -0.15) is 0 Å². The van der Waals surface area contributed by atoms with Crippen LogP contribution in [0.15, 0.2) is 22.7 Å². The number of nitrogens with zero attached hydrogens (tertiary/aromatic N) is 1. The van der Waals surface area contributed by atoms with Crippen LogP contribution >= 0.6 is 40.7 Å². The van der Waals surface area contributed by atoms with Crippen LogP contribution in [-0.4, -0.2) is 36.2 Å². The van der Waals surface area contributed by atoms with Crippen LogP contribution in [0.25, 0.3) is 0 Å². The van der Waals surface area contributed by atoms with Gasteiger partial charge in [-0.25, -0.2) is 0 Å². The normalized spacial score (nSPS) is 18.2. The lowest BCUT2D eigenvalue weighted by Crippen LogP contribution is -2.46. The van der Waals surface area contributed by atoms with E-state index in [4.69, 9.17) is 0 Å². The Morgan fingerprint density at radius 3 is 2.48 bits per heavy atom. The summed E-state index contributed by atoms with van der Waals surface area (Å²) in [5.74, 6) is 0.921. The number of para-hydroxylation sites is 1. The van der Waals surface area contributed by atoms with Crippen molar-refractivity contribution >= 4 is 40.7 Å². The first kappa shape index (κ1) is 21.0. The van der Waals surface area contributed by atoms with E-state index >= 15 is 0 Å². The minimum atomic E-state index is 0. The zero-order chi connectivity index (χ0) is 13.8. The van der Waals surface area contributed by atoms with E-state index in [9.17, 15) is 5.11 Å². The Balaban J connectivity index is 0.00000200. The molecule has 1 saturated heterocycles. The maximum atomic E-state index is 10.4. The summed E-state index contributed by atoms with van der Waals surface area (Å²) in [4.78, 5) is 2.49. The van der Waals surface area contributed by atoms with Crippen LogP contribution in [-0.2, 0) is 0 Å². The van der Waals surface area contributed by atoms with Crippen molar-refractivity contribution in [2.24, 2.45) is 5.92 Å². The second-order valence-electron chi connectivity index (χ2n) is 5.29. The van der Waals surface area contributed by atoms with Gasteiger partial charge in [0.25, 0.3) is 0 Å². The van der Waals surface area contributed by atoms with Crippen molar-refractivity contribution < 1.29 is 5.11 Å². The van der Waals surface area contributed by atoms with E-state index in [2.05, 4.69) is 46.1 Å². The summed E-state index contributed by atoms with van der Waals surface area (Å²) in [6, 6.07) is 6.25. The molecule has 0 aromatic heterocycles. The van der Waals surface area contributed by atoms with Gasteiger partial charge in [0.05, 0.1) is 4.47 Å². The quantitative estimate of drug-likeness (QED) is 0.803. The number of nitrogens with one attached hydrogen (secondary N) is 1. The molecule has 1 unspecified atom stereocenters. The Bertz CT molecular complexity index is 428. The highest BCUT2D eigenvalue weighted by molar-refractivity contribution is 9.10. The van der Waals surface area contributed by atoms with Crippen LogP contribution in [0.2, 0.25) is 0 Å². The minimum Gasteiger partial charge on any atom is -0.506 e. The topological polar surface area (TPSA) is 35.5 Å². The molecule has 0 radical (unpaired) electrons. The molecule has 0 amide bonds. The van der Waals surface area contributed by atoms with E-state index in [-0.39, 0.29) is 24.8 Å². The molecule has 0 bridgehead atoms. The third-order valence-electron chi connectivity index (χ3n) is 4.06. The maximum absolute atomic E-state index is 10.4. The molecule has 2 N–H and O–H groups in total. The highest BCUT2D eigenvalue weighted by Crippen LogP contribution is 2.39. The molecule has 1 aliphatic heterocycles. The summed E-state index contributed by atoms with van der Waals surface area (Å²) in [5, 5.41) is 13.7. The predicted molar refractivity (Wildman–Crippen MR) is 96.9 cm³/mol.